The second-order valence-electron chi connectivity index (χ2n) is 11.4. The zero-order valence-corrected chi connectivity index (χ0v) is 27.7. The zero-order chi connectivity index (χ0) is 36.3. The molecule has 1 atom stereocenters. The number of amides is 2. The van der Waals surface area contributed by atoms with Gasteiger partial charge in [-0.25, -0.2) is 10.6 Å². The number of carboxylic acid groups (broad SMARTS) is 1. The molecule has 14 heteroatoms. The lowest BCUT2D eigenvalue weighted by Gasteiger charge is -2.29. The van der Waals surface area contributed by atoms with E-state index < -0.39 is 18.2 Å². The Morgan fingerprint density at radius 1 is 0.939 bits per heavy atom. The Balaban J connectivity index is 0.000000838. The largest absolute Gasteiger partial charge is 0.490 e. The number of benzene rings is 3. The van der Waals surface area contributed by atoms with E-state index in [-0.39, 0.29) is 30.4 Å². The molecule has 1 heterocycles. The first-order valence-electron chi connectivity index (χ1n) is 15.4. The van der Waals surface area contributed by atoms with E-state index in [2.05, 4.69) is 15.6 Å². The third kappa shape index (κ3) is 11.1. The maximum atomic E-state index is 13.9. The number of alkyl halides is 3. The summed E-state index contributed by atoms with van der Waals surface area (Å²) in [5.74, 6) is 4.57. The monoisotopic (exact) mass is 683 g/mol. The SMILES string of the molecule is CCOc1cc(C(C(=O)NCc2cccc(NC(=O)C(C)C)c2)N(N)c2ccc3cnccc3c2)ccc1OC(C)C.O=C(O)C(F)(F)F. The molecule has 11 nitrogen and oxygen atoms in total. The highest BCUT2D eigenvalue weighted by Crippen LogP contribution is 2.35. The maximum Gasteiger partial charge on any atom is 0.490 e. The molecule has 4 rings (SSSR count). The number of anilines is 2. The van der Waals surface area contributed by atoms with E-state index in [1.165, 1.54) is 5.01 Å². The number of hydrogen-bond donors (Lipinski definition) is 4. The van der Waals surface area contributed by atoms with E-state index in [4.69, 9.17) is 25.2 Å². The lowest BCUT2D eigenvalue weighted by atomic mass is 10.0. The quantitative estimate of drug-likeness (QED) is 0.0982. The number of nitrogens with zero attached hydrogens (tertiary/aromatic N) is 2. The van der Waals surface area contributed by atoms with E-state index in [0.29, 0.717) is 35.0 Å². The summed E-state index contributed by atoms with van der Waals surface area (Å²) in [4.78, 5) is 39.1. The van der Waals surface area contributed by atoms with Crippen molar-refractivity contribution in [2.24, 2.45) is 11.8 Å². The Bertz CT molecular complexity index is 1750. The Morgan fingerprint density at radius 3 is 2.29 bits per heavy atom. The Labute approximate surface area is 282 Å². The highest BCUT2D eigenvalue weighted by Gasteiger charge is 2.38. The Morgan fingerprint density at radius 2 is 1.65 bits per heavy atom. The van der Waals surface area contributed by atoms with Gasteiger partial charge in [-0.05, 0) is 79.7 Å². The van der Waals surface area contributed by atoms with Gasteiger partial charge in [0.2, 0.25) is 11.8 Å². The second kappa shape index (κ2) is 17.2. The fourth-order valence-corrected chi connectivity index (χ4v) is 4.46. The predicted molar refractivity (Wildman–Crippen MR) is 180 cm³/mol. The van der Waals surface area contributed by atoms with E-state index in [9.17, 15) is 22.8 Å². The molecule has 0 spiro atoms. The van der Waals surface area contributed by atoms with Crippen molar-refractivity contribution in [3.8, 4) is 11.5 Å². The molecule has 0 bridgehead atoms. The smallest absolute Gasteiger partial charge is 0.490 e. The van der Waals surface area contributed by atoms with Crippen LogP contribution in [0.4, 0.5) is 24.5 Å². The van der Waals surface area contributed by atoms with E-state index in [0.717, 1.165) is 16.3 Å². The summed E-state index contributed by atoms with van der Waals surface area (Å²) in [6.45, 7) is 10.1. The maximum absolute atomic E-state index is 13.9. The van der Waals surface area contributed by atoms with Gasteiger partial charge in [-0.15, -0.1) is 0 Å². The molecule has 0 fully saturated rings. The van der Waals surface area contributed by atoms with Crippen molar-refractivity contribution in [2.75, 3.05) is 16.9 Å². The van der Waals surface area contributed by atoms with Crippen LogP contribution in [0.15, 0.2) is 79.1 Å². The number of aliphatic carboxylic acids is 1. The van der Waals surface area contributed by atoms with Crippen molar-refractivity contribution >= 4 is 39.9 Å². The lowest BCUT2D eigenvalue weighted by Crippen LogP contribution is -2.44. The van der Waals surface area contributed by atoms with Gasteiger partial charge in [-0.1, -0.05) is 38.1 Å². The standard InChI is InChI=1S/C33H39N5O4.C2HF3O2/c1-6-41-30-18-25(11-13-29(30)42-22(4)5)31(38(34)28-12-10-26-20-35-15-14-24(26)17-28)33(40)36-19-23-8-7-9-27(16-23)37-32(39)21(2)3;3-2(4,5)1(6)7/h7-18,20-22,31H,6,19,34H2,1-5H3,(H,36,40)(H,37,39);(H,6,7). The molecule has 3 aromatic carbocycles. The first kappa shape index (κ1) is 38.1. The summed E-state index contributed by atoms with van der Waals surface area (Å²) in [6.07, 6.45) is -1.63. The van der Waals surface area contributed by atoms with Crippen molar-refractivity contribution in [2.45, 2.75) is 59.5 Å². The first-order chi connectivity index (χ1) is 23.1. The molecule has 5 N–H and O–H groups in total. The molecule has 1 aromatic heterocycles. The average molecular weight is 684 g/mol. The van der Waals surface area contributed by atoms with Crippen LogP contribution in [0.3, 0.4) is 0 Å². The summed E-state index contributed by atoms with van der Waals surface area (Å²) in [6, 6.07) is 19.6. The molecule has 262 valence electrons. The number of fused-ring (bicyclic) bond motifs is 1. The van der Waals surface area contributed by atoms with Crippen molar-refractivity contribution in [3.63, 3.8) is 0 Å². The molecule has 2 amide bonds. The van der Waals surface area contributed by atoms with Crippen molar-refractivity contribution in [1.82, 2.24) is 10.3 Å². The van der Waals surface area contributed by atoms with Gasteiger partial charge < -0.3 is 25.2 Å². The van der Waals surface area contributed by atoms with Crippen molar-refractivity contribution in [3.05, 3.63) is 90.3 Å². The molecule has 0 aliphatic carbocycles. The minimum Gasteiger partial charge on any atom is -0.490 e. The number of ether oxygens (including phenoxy) is 2. The summed E-state index contributed by atoms with van der Waals surface area (Å²) in [7, 11) is 0. The predicted octanol–water partition coefficient (Wildman–Crippen LogP) is 6.39. The zero-order valence-electron chi connectivity index (χ0n) is 27.7. The van der Waals surface area contributed by atoms with Gasteiger partial charge in [0.25, 0.3) is 0 Å². The molecule has 4 aromatic rings. The summed E-state index contributed by atoms with van der Waals surface area (Å²) in [5, 5.41) is 16.4. The average Bonchev–Trinajstić information content (AvgIpc) is 3.04. The van der Waals surface area contributed by atoms with Gasteiger partial charge in [-0.3, -0.25) is 19.6 Å². The van der Waals surface area contributed by atoms with Gasteiger partial charge in [0.1, 0.15) is 6.04 Å². The van der Waals surface area contributed by atoms with E-state index in [1.807, 2.05) is 89.2 Å². The van der Waals surface area contributed by atoms with Gasteiger partial charge in [0, 0.05) is 35.9 Å². The van der Waals surface area contributed by atoms with Crippen LogP contribution in [-0.2, 0) is 20.9 Å². The molecular weight excluding hydrogens is 643 g/mol. The van der Waals surface area contributed by atoms with Gasteiger partial charge in [0.15, 0.2) is 11.5 Å². The highest BCUT2D eigenvalue weighted by molar-refractivity contribution is 5.92. The molecule has 0 aliphatic rings. The number of nitrogens with two attached hydrogens (primary N) is 1. The Hall–Kier alpha value is -5.37. The van der Waals surface area contributed by atoms with Crippen LogP contribution < -0.4 is 31.0 Å². The summed E-state index contributed by atoms with van der Waals surface area (Å²) < 4.78 is 43.6. The molecular formula is C35H40F3N5O6. The van der Waals surface area contributed by atoms with Crippen LogP contribution in [0.1, 0.15) is 51.8 Å². The van der Waals surface area contributed by atoms with Crippen LogP contribution in [-0.4, -0.2) is 46.8 Å². The van der Waals surface area contributed by atoms with Crippen LogP contribution in [0.25, 0.3) is 10.8 Å². The number of pyridine rings is 1. The first-order valence-corrected chi connectivity index (χ1v) is 15.4. The molecule has 0 saturated carbocycles. The number of halogens is 3. The van der Waals surface area contributed by atoms with E-state index in [1.54, 1.807) is 24.5 Å². The van der Waals surface area contributed by atoms with Crippen LogP contribution in [0.5, 0.6) is 11.5 Å². The van der Waals surface area contributed by atoms with Gasteiger partial charge in [-0.2, -0.15) is 13.2 Å². The fraction of sp³-hybridized carbons (Fsp3) is 0.314. The van der Waals surface area contributed by atoms with Gasteiger partial charge in [0.05, 0.1) is 18.4 Å². The minimum absolute atomic E-state index is 0.0478. The van der Waals surface area contributed by atoms with Gasteiger partial charge >= 0.3 is 12.1 Å². The summed E-state index contributed by atoms with van der Waals surface area (Å²) in [5.41, 5.74) is 2.81. The number of hydrazine groups is 1. The van der Waals surface area contributed by atoms with Crippen molar-refractivity contribution < 1.29 is 42.1 Å². The molecule has 1 unspecified atom stereocenters. The van der Waals surface area contributed by atoms with Crippen molar-refractivity contribution in [1.29, 1.82) is 0 Å². The third-order valence-corrected chi connectivity index (χ3v) is 6.82. The van der Waals surface area contributed by atoms with Crippen LogP contribution in [0, 0.1) is 5.92 Å². The van der Waals surface area contributed by atoms with Crippen LogP contribution in [0.2, 0.25) is 0 Å². The topological polar surface area (TPSA) is 156 Å². The van der Waals surface area contributed by atoms with E-state index >= 15 is 0 Å². The molecule has 0 saturated heterocycles. The summed E-state index contributed by atoms with van der Waals surface area (Å²) >= 11 is 0. The normalized spacial score (nSPS) is 11.7. The number of carboxylic acids is 1. The molecule has 0 aliphatic heterocycles. The molecule has 49 heavy (non-hydrogen) atoms. The number of aromatic nitrogens is 1. The lowest BCUT2D eigenvalue weighted by molar-refractivity contribution is -0.192. The Kier molecular flexibility index (Phi) is 13.3. The number of hydrogen-bond acceptors (Lipinski definition) is 8. The third-order valence-electron chi connectivity index (χ3n) is 6.82. The minimum atomic E-state index is -5.08. The fourth-order valence-electron chi connectivity index (χ4n) is 4.46. The number of carbonyl (C=O) groups is 3. The van der Waals surface area contributed by atoms with Crippen LogP contribution >= 0.6 is 0 Å². The number of carbonyl (C=O) groups excluding carboxylic acids is 2. The highest BCUT2D eigenvalue weighted by atomic mass is 19.4. The second-order valence-corrected chi connectivity index (χ2v) is 11.4. The number of nitrogens with one attached hydrogen (secondary N) is 2. The number of rotatable bonds is 12. The molecule has 0 radical (unpaired) electrons.